The van der Waals surface area contributed by atoms with Gasteiger partial charge in [0.2, 0.25) is 0 Å². The molecule has 0 aromatic heterocycles. The van der Waals surface area contributed by atoms with Crippen molar-refractivity contribution in [2.75, 3.05) is 11.5 Å². The van der Waals surface area contributed by atoms with E-state index in [0.29, 0.717) is 5.75 Å². The lowest BCUT2D eigenvalue weighted by Gasteiger charge is -2.10. The number of carbonyl (C=O) groups is 1. The zero-order valence-electron chi connectivity index (χ0n) is 8.45. The number of quaternary nitrogens is 1. The molecule has 0 saturated carbocycles. The zero-order valence-corrected chi connectivity index (χ0v) is 9.27. The summed E-state index contributed by atoms with van der Waals surface area (Å²) < 4.78 is 18.9. The molecule has 1 unspecified atom stereocenters. The summed E-state index contributed by atoms with van der Waals surface area (Å²) in [4.78, 5) is 10.3. The number of rotatable bonds is 7. The smallest absolute Gasteiger partial charge is 0.125 e. The van der Waals surface area contributed by atoms with E-state index < -0.39 is 21.7 Å². The van der Waals surface area contributed by atoms with Crippen LogP contribution < -0.4 is 10.8 Å². The fraction of sp³-hybridized carbons (Fsp3) is 0.875. The van der Waals surface area contributed by atoms with Crippen LogP contribution in [0.4, 0.5) is 0 Å². The summed E-state index contributed by atoms with van der Waals surface area (Å²) in [6.45, 7) is 1.96. The first-order chi connectivity index (χ1) is 6.39. The van der Waals surface area contributed by atoms with E-state index in [0.717, 1.165) is 12.8 Å². The van der Waals surface area contributed by atoms with E-state index in [1.165, 1.54) is 0 Å². The quantitative estimate of drug-likeness (QED) is 0.552. The standard InChI is InChI=1S/C8H18N2O3S/c1-2-3-5-14(10,13)6-4-7(9)8(11)12/h7,10H,2-6,9H2,1H3,(H,11,12)/t7-,14?/m1/s1. The predicted octanol–water partition coefficient (Wildman–Crippen LogP) is -1.42. The molecular weight excluding hydrogens is 204 g/mol. The molecular formula is C8H18N2O3S. The largest absolute Gasteiger partial charge is 0.544 e. The molecule has 0 aliphatic rings. The van der Waals surface area contributed by atoms with Gasteiger partial charge in [-0.2, -0.15) is 0 Å². The Balaban J connectivity index is 3.93. The van der Waals surface area contributed by atoms with E-state index in [1.54, 1.807) is 0 Å². The topological polar surface area (TPSA) is 109 Å². The normalized spacial score (nSPS) is 17.3. The molecule has 0 bridgehead atoms. The molecule has 0 rings (SSSR count). The van der Waals surface area contributed by atoms with Crippen LogP contribution in [0.2, 0.25) is 0 Å². The molecule has 6 heteroatoms. The summed E-state index contributed by atoms with van der Waals surface area (Å²) in [5, 5.41) is 10.3. The third-order valence-corrected chi connectivity index (χ3v) is 3.80. The maximum absolute atomic E-state index is 11.5. The number of aliphatic carboxylic acids is 1. The van der Waals surface area contributed by atoms with Crippen LogP contribution >= 0.6 is 0 Å². The van der Waals surface area contributed by atoms with Gasteiger partial charge in [0.05, 0.1) is 5.97 Å². The average molecular weight is 222 g/mol. The van der Waals surface area contributed by atoms with Crippen LogP contribution in [0.5, 0.6) is 0 Å². The molecule has 5 nitrogen and oxygen atoms in total. The molecule has 14 heavy (non-hydrogen) atoms. The molecule has 2 atom stereocenters. The second-order valence-corrected chi connectivity index (χ2v) is 5.82. The molecule has 0 aliphatic carbocycles. The van der Waals surface area contributed by atoms with Crippen LogP contribution in [0.25, 0.3) is 0 Å². The summed E-state index contributed by atoms with van der Waals surface area (Å²) in [5.41, 5.74) is 3.35. The highest BCUT2D eigenvalue weighted by atomic mass is 32.2. The molecule has 0 spiro atoms. The second kappa shape index (κ2) is 5.98. The summed E-state index contributed by atoms with van der Waals surface area (Å²) >= 11 is 0. The number of carbonyl (C=O) groups excluding carboxylic acids is 1. The monoisotopic (exact) mass is 222 g/mol. The fourth-order valence-corrected chi connectivity index (χ4v) is 2.55. The van der Waals surface area contributed by atoms with Gasteiger partial charge in [-0.25, -0.2) is 4.21 Å². The SMILES string of the molecule is CCCCS(=N)(=O)CC[C@@H]([NH3+])C(=O)[O-]. The van der Waals surface area contributed by atoms with Crippen LogP contribution in [0, 0.1) is 4.78 Å². The highest BCUT2D eigenvalue weighted by molar-refractivity contribution is 7.92. The van der Waals surface area contributed by atoms with Crippen LogP contribution in [-0.2, 0) is 14.5 Å². The number of carboxylic acid groups (broad SMARTS) is 1. The minimum absolute atomic E-state index is 0.106. The Hall–Kier alpha value is -0.620. The van der Waals surface area contributed by atoms with E-state index >= 15 is 0 Å². The van der Waals surface area contributed by atoms with E-state index in [2.05, 4.69) is 5.73 Å². The molecule has 84 valence electrons. The Bertz CT molecular complexity index is 274. The van der Waals surface area contributed by atoms with Crippen molar-refractivity contribution in [3.05, 3.63) is 0 Å². The maximum atomic E-state index is 11.5. The molecule has 0 radical (unpaired) electrons. The van der Waals surface area contributed by atoms with Crippen molar-refractivity contribution < 1.29 is 19.8 Å². The highest BCUT2D eigenvalue weighted by Gasteiger charge is 2.12. The van der Waals surface area contributed by atoms with Gasteiger partial charge < -0.3 is 15.6 Å². The Morgan fingerprint density at radius 2 is 2.14 bits per heavy atom. The number of nitrogens with one attached hydrogen (secondary N) is 1. The van der Waals surface area contributed by atoms with Crippen LogP contribution in [0.15, 0.2) is 0 Å². The van der Waals surface area contributed by atoms with Crippen molar-refractivity contribution in [2.45, 2.75) is 32.2 Å². The van der Waals surface area contributed by atoms with E-state index in [9.17, 15) is 14.1 Å². The molecule has 0 aliphatic heterocycles. The molecule has 0 saturated heterocycles. The Labute approximate surface area is 84.7 Å². The van der Waals surface area contributed by atoms with Crippen molar-refractivity contribution in [3.63, 3.8) is 0 Å². The van der Waals surface area contributed by atoms with Gasteiger partial charge in [0.1, 0.15) is 6.04 Å². The Morgan fingerprint density at radius 1 is 1.57 bits per heavy atom. The van der Waals surface area contributed by atoms with Gasteiger partial charge in [-0.15, -0.1) is 0 Å². The van der Waals surface area contributed by atoms with Crippen LogP contribution in [-0.4, -0.2) is 27.7 Å². The van der Waals surface area contributed by atoms with Crippen molar-refractivity contribution in [2.24, 2.45) is 0 Å². The van der Waals surface area contributed by atoms with Gasteiger partial charge in [0, 0.05) is 27.7 Å². The Kier molecular flexibility index (Phi) is 5.71. The molecule has 0 fully saturated rings. The summed E-state index contributed by atoms with van der Waals surface area (Å²) in [6, 6.07) is -0.859. The minimum Gasteiger partial charge on any atom is -0.544 e. The van der Waals surface area contributed by atoms with Gasteiger partial charge >= 0.3 is 0 Å². The summed E-state index contributed by atoms with van der Waals surface area (Å²) in [7, 11) is -2.60. The van der Waals surface area contributed by atoms with Gasteiger partial charge in [-0.3, -0.25) is 4.78 Å². The van der Waals surface area contributed by atoms with Gasteiger partial charge in [-0.1, -0.05) is 13.3 Å². The lowest BCUT2D eigenvalue weighted by atomic mass is 10.2. The molecule has 0 heterocycles. The van der Waals surface area contributed by atoms with Crippen molar-refractivity contribution >= 4 is 15.7 Å². The maximum Gasteiger partial charge on any atom is 0.125 e. The van der Waals surface area contributed by atoms with E-state index in [1.807, 2.05) is 6.92 Å². The van der Waals surface area contributed by atoms with Gasteiger partial charge in [-0.05, 0) is 6.42 Å². The number of hydrogen-bond acceptors (Lipinski definition) is 4. The number of unbranched alkanes of at least 4 members (excludes halogenated alkanes) is 1. The first-order valence-electron chi connectivity index (χ1n) is 4.67. The van der Waals surface area contributed by atoms with Crippen LogP contribution in [0.3, 0.4) is 0 Å². The summed E-state index contributed by atoms with van der Waals surface area (Å²) in [5.74, 6) is -0.783. The zero-order chi connectivity index (χ0) is 11.2. The third kappa shape index (κ3) is 5.93. The summed E-state index contributed by atoms with van der Waals surface area (Å²) in [6.07, 6.45) is 1.80. The third-order valence-electron chi connectivity index (χ3n) is 1.96. The molecule has 0 amide bonds. The molecule has 0 aromatic rings. The minimum atomic E-state index is -2.60. The first kappa shape index (κ1) is 13.4. The predicted molar refractivity (Wildman–Crippen MR) is 51.8 cm³/mol. The van der Waals surface area contributed by atoms with Crippen LogP contribution in [0.1, 0.15) is 26.2 Å². The fourth-order valence-electron chi connectivity index (χ4n) is 0.930. The van der Waals surface area contributed by atoms with Crippen molar-refractivity contribution in [1.82, 2.24) is 0 Å². The second-order valence-electron chi connectivity index (χ2n) is 3.38. The van der Waals surface area contributed by atoms with Crippen molar-refractivity contribution in [3.8, 4) is 0 Å². The lowest BCUT2D eigenvalue weighted by Crippen LogP contribution is -2.68. The molecule has 4 N–H and O–H groups in total. The number of hydrogen-bond donors (Lipinski definition) is 2. The lowest BCUT2D eigenvalue weighted by molar-refractivity contribution is -0.437. The molecule has 0 aromatic carbocycles. The average Bonchev–Trinajstić information content (AvgIpc) is 2.11. The highest BCUT2D eigenvalue weighted by Crippen LogP contribution is 2.01. The first-order valence-corrected chi connectivity index (χ1v) is 6.56. The number of carboxylic acids is 1. The van der Waals surface area contributed by atoms with Gasteiger partial charge in [0.25, 0.3) is 0 Å². The Morgan fingerprint density at radius 3 is 2.57 bits per heavy atom. The van der Waals surface area contributed by atoms with E-state index in [4.69, 9.17) is 4.78 Å². The van der Waals surface area contributed by atoms with Crippen molar-refractivity contribution in [1.29, 1.82) is 4.78 Å². The van der Waals surface area contributed by atoms with E-state index in [-0.39, 0.29) is 12.2 Å². The van der Waals surface area contributed by atoms with Gasteiger partial charge in [0.15, 0.2) is 0 Å².